The predicted octanol–water partition coefficient (Wildman–Crippen LogP) is 1.41. The number of carboxylic acid groups (broad SMARTS) is 1. The number of hydrogen-bond acceptors (Lipinski definition) is 3. The Balaban J connectivity index is 2.66. The summed E-state index contributed by atoms with van der Waals surface area (Å²) in [4.78, 5) is 15.6. The minimum absolute atomic E-state index is 0.119. The lowest BCUT2D eigenvalue weighted by molar-refractivity contribution is -0.136. The van der Waals surface area contributed by atoms with Crippen LogP contribution in [0.4, 0.5) is 14.6 Å². The first kappa shape index (κ1) is 12.4. The van der Waals surface area contributed by atoms with Gasteiger partial charge in [0.25, 0.3) is 6.43 Å². The first-order valence-electron chi connectivity index (χ1n) is 4.65. The highest BCUT2D eigenvalue weighted by atomic mass is 19.3. The summed E-state index contributed by atoms with van der Waals surface area (Å²) in [6, 6.07) is 3.10. The Labute approximate surface area is 91.5 Å². The van der Waals surface area contributed by atoms with Crippen LogP contribution in [0.5, 0.6) is 0 Å². The van der Waals surface area contributed by atoms with E-state index in [2.05, 4.69) is 4.98 Å². The number of aromatic nitrogens is 1. The van der Waals surface area contributed by atoms with Crippen molar-refractivity contribution in [2.45, 2.75) is 12.8 Å². The Morgan fingerprint density at radius 3 is 2.69 bits per heavy atom. The van der Waals surface area contributed by atoms with E-state index < -0.39 is 18.9 Å². The third-order valence-electron chi connectivity index (χ3n) is 1.97. The zero-order chi connectivity index (χ0) is 12.1. The number of anilines is 1. The summed E-state index contributed by atoms with van der Waals surface area (Å²) in [5.74, 6) is -0.551. The van der Waals surface area contributed by atoms with Gasteiger partial charge in [-0.15, -0.1) is 0 Å². The summed E-state index contributed by atoms with van der Waals surface area (Å²) in [5.41, 5.74) is 0.543. The molecule has 0 fully saturated rings. The van der Waals surface area contributed by atoms with E-state index in [0.717, 1.165) is 0 Å². The molecule has 4 nitrogen and oxygen atoms in total. The highest BCUT2D eigenvalue weighted by Gasteiger charge is 2.09. The van der Waals surface area contributed by atoms with E-state index in [-0.39, 0.29) is 6.42 Å². The molecule has 0 unspecified atom stereocenters. The van der Waals surface area contributed by atoms with Crippen LogP contribution in [0.2, 0.25) is 0 Å². The molecule has 88 valence electrons. The number of nitrogens with zero attached hydrogens (tertiary/aromatic N) is 2. The number of rotatable bonds is 5. The van der Waals surface area contributed by atoms with Crippen LogP contribution in [0.3, 0.4) is 0 Å². The van der Waals surface area contributed by atoms with E-state index in [1.165, 1.54) is 24.2 Å². The van der Waals surface area contributed by atoms with E-state index in [0.29, 0.717) is 11.4 Å². The van der Waals surface area contributed by atoms with Gasteiger partial charge in [-0.05, 0) is 11.6 Å². The molecule has 1 aromatic rings. The van der Waals surface area contributed by atoms with Crippen LogP contribution in [-0.4, -0.2) is 36.1 Å². The van der Waals surface area contributed by atoms with Crippen molar-refractivity contribution >= 4 is 11.8 Å². The molecule has 0 atom stereocenters. The second-order valence-corrected chi connectivity index (χ2v) is 3.37. The summed E-state index contributed by atoms with van der Waals surface area (Å²) in [6.45, 7) is -0.398. The predicted molar refractivity (Wildman–Crippen MR) is 54.9 cm³/mol. The molecule has 0 aromatic carbocycles. The van der Waals surface area contributed by atoms with Gasteiger partial charge in [-0.1, -0.05) is 6.07 Å². The van der Waals surface area contributed by atoms with Crippen LogP contribution in [0.15, 0.2) is 18.3 Å². The summed E-state index contributed by atoms with van der Waals surface area (Å²) in [7, 11) is 1.51. The summed E-state index contributed by atoms with van der Waals surface area (Å²) in [5, 5.41) is 8.53. The molecule has 0 aliphatic rings. The van der Waals surface area contributed by atoms with Crippen molar-refractivity contribution in [3.63, 3.8) is 0 Å². The van der Waals surface area contributed by atoms with E-state index in [1.54, 1.807) is 6.07 Å². The van der Waals surface area contributed by atoms with E-state index in [1.807, 2.05) is 0 Å². The minimum atomic E-state index is -2.43. The molecule has 0 aliphatic carbocycles. The van der Waals surface area contributed by atoms with Crippen molar-refractivity contribution in [3.8, 4) is 0 Å². The fourth-order valence-corrected chi connectivity index (χ4v) is 1.22. The highest BCUT2D eigenvalue weighted by Crippen LogP contribution is 2.11. The topological polar surface area (TPSA) is 53.4 Å². The van der Waals surface area contributed by atoms with Gasteiger partial charge in [0.15, 0.2) is 0 Å². The lowest BCUT2D eigenvalue weighted by Gasteiger charge is -2.17. The molecule has 0 saturated heterocycles. The van der Waals surface area contributed by atoms with Crippen LogP contribution in [-0.2, 0) is 11.2 Å². The number of halogens is 2. The molecule has 0 radical (unpaired) electrons. The van der Waals surface area contributed by atoms with Gasteiger partial charge in [-0.2, -0.15) is 0 Å². The number of hydrogen-bond donors (Lipinski definition) is 1. The van der Waals surface area contributed by atoms with Gasteiger partial charge in [-0.3, -0.25) is 4.79 Å². The SMILES string of the molecule is CN(CC(F)F)c1ccc(CC(=O)O)cn1. The lowest BCUT2D eigenvalue weighted by atomic mass is 10.2. The Kier molecular flexibility index (Phi) is 4.16. The van der Waals surface area contributed by atoms with Crippen molar-refractivity contribution in [2.75, 3.05) is 18.5 Å². The molecular formula is C10H12F2N2O2. The Morgan fingerprint density at radius 1 is 1.56 bits per heavy atom. The third kappa shape index (κ3) is 3.80. The van der Waals surface area contributed by atoms with Crippen LogP contribution < -0.4 is 4.90 Å². The van der Waals surface area contributed by atoms with Gasteiger partial charge in [0.1, 0.15) is 5.82 Å². The normalized spacial score (nSPS) is 10.5. The van der Waals surface area contributed by atoms with Crippen LogP contribution in [0.25, 0.3) is 0 Å². The number of pyridine rings is 1. The van der Waals surface area contributed by atoms with Crippen molar-refractivity contribution < 1.29 is 18.7 Å². The molecule has 0 aliphatic heterocycles. The molecule has 1 N–H and O–H groups in total. The van der Waals surface area contributed by atoms with Gasteiger partial charge in [0.05, 0.1) is 13.0 Å². The molecule has 1 aromatic heterocycles. The Bertz CT molecular complexity index is 354. The van der Waals surface area contributed by atoms with E-state index in [4.69, 9.17) is 5.11 Å². The van der Waals surface area contributed by atoms with Crippen molar-refractivity contribution in [3.05, 3.63) is 23.9 Å². The molecule has 0 saturated carbocycles. The Hall–Kier alpha value is -1.72. The quantitative estimate of drug-likeness (QED) is 0.830. The lowest BCUT2D eigenvalue weighted by Crippen LogP contribution is -2.24. The van der Waals surface area contributed by atoms with Crippen molar-refractivity contribution in [1.82, 2.24) is 4.98 Å². The molecule has 6 heteroatoms. The second kappa shape index (κ2) is 5.39. The molecule has 1 heterocycles. The summed E-state index contributed by atoms with van der Waals surface area (Å²) >= 11 is 0. The fraction of sp³-hybridized carbons (Fsp3) is 0.400. The highest BCUT2D eigenvalue weighted by molar-refractivity contribution is 5.70. The maximum atomic E-state index is 12.1. The minimum Gasteiger partial charge on any atom is -0.481 e. The molecule has 0 amide bonds. The van der Waals surface area contributed by atoms with Crippen LogP contribution in [0.1, 0.15) is 5.56 Å². The number of alkyl halides is 2. The Morgan fingerprint density at radius 2 is 2.25 bits per heavy atom. The standard InChI is InChI=1S/C10H12F2N2O2/c1-14(6-8(11)12)9-3-2-7(5-13-9)4-10(15)16/h2-3,5,8H,4,6H2,1H3,(H,15,16). The zero-order valence-corrected chi connectivity index (χ0v) is 8.73. The van der Waals surface area contributed by atoms with Crippen molar-refractivity contribution in [1.29, 1.82) is 0 Å². The maximum absolute atomic E-state index is 12.1. The fourth-order valence-electron chi connectivity index (χ4n) is 1.22. The van der Waals surface area contributed by atoms with Gasteiger partial charge in [-0.25, -0.2) is 13.8 Å². The maximum Gasteiger partial charge on any atom is 0.307 e. The average Bonchev–Trinajstić information content (AvgIpc) is 2.16. The van der Waals surface area contributed by atoms with Crippen molar-refractivity contribution in [2.24, 2.45) is 0 Å². The summed E-state index contributed by atoms with van der Waals surface area (Å²) < 4.78 is 24.2. The molecule has 16 heavy (non-hydrogen) atoms. The smallest absolute Gasteiger partial charge is 0.307 e. The average molecular weight is 230 g/mol. The van der Waals surface area contributed by atoms with Crippen LogP contribution >= 0.6 is 0 Å². The van der Waals surface area contributed by atoms with Gasteiger partial charge < -0.3 is 10.0 Å². The number of aliphatic carboxylic acids is 1. The number of carbonyl (C=O) groups is 1. The molecule has 1 rings (SSSR count). The monoisotopic (exact) mass is 230 g/mol. The second-order valence-electron chi connectivity index (χ2n) is 3.37. The van der Waals surface area contributed by atoms with Gasteiger partial charge in [0, 0.05) is 13.2 Å². The summed E-state index contributed by atoms with van der Waals surface area (Å²) in [6.07, 6.45) is -1.16. The van der Waals surface area contributed by atoms with Gasteiger partial charge >= 0.3 is 5.97 Å². The zero-order valence-electron chi connectivity index (χ0n) is 8.73. The largest absolute Gasteiger partial charge is 0.481 e. The first-order valence-corrected chi connectivity index (χ1v) is 4.65. The van der Waals surface area contributed by atoms with E-state index >= 15 is 0 Å². The third-order valence-corrected chi connectivity index (χ3v) is 1.97. The molecule has 0 bridgehead atoms. The van der Waals surface area contributed by atoms with E-state index in [9.17, 15) is 13.6 Å². The first-order chi connectivity index (χ1) is 7.49. The van der Waals surface area contributed by atoms with Gasteiger partial charge in [0.2, 0.25) is 0 Å². The number of carboxylic acids is 1. The molecular weight excluding hydrogens is 218 g/mol. The van der Waals surface area contributed by atoms with Crippen LogP contribution in [0, 0.1) is 0 Å². The molecule has 0 spiro atoms.